The number of alkyl halides is 2. The van der Waals surface area contributed by atoms with E-state index in [9.17, 15) is 18.4 Å². The molecule has 8 nitrogen and oxygen atoms in total. The van der Waals surface area contributed by atoms with Crippen molar-refractivity contribution in [2.45, 2.75) is 13.0 Å². The standard InChI is InChI=1S/C22H21F2N5O3/c1-25-22(31)29-10-15-19(16(30)11-29)21(27-13-5-3-2-4-6-13)20(28-15)14-7-8-26-9-17(14)32-12-18(23)24/h2-9,18,27-28H,10-12H2,1H3,(H,25,31). The maximum Gasteiger partial charge on any atom is 0.317 e. The smallest absolute Gasteiger partial charge is 0.317 e. The Labute approximate surface area is 182 Å². The van der Waals surface area contributed by atoms with Crippen LogP contribution in [0, 0.1) is 0 Å². The summed E-state index contributed by atoms with van der Waals surface area (Å²) in [6, 6.07) is 10.5. The minimum atomic E-state index is -2.65. The number of nitrogens with one attached hydrogen (secondary N) is 3. The molecule has 10 heteroatoms. The number of anilines is 2. The first kappa shape index (κ1) is 21.3. The summed E-state index contributed by atoms with van der Waals surface area (Å²) in [6.07, 6.45) is 0.210. The molecule has 1 aromatic carbocycles. The molecule has 0 fully saturated rings. The van der Waals surface area contributed by atoms with E-state index in [1.165, 1.54) is 24.3 Å². The molecule has 3 N–H and O–H groups in total. The average Bonchev–Trinajstić information content (AvgIpc) is 3.16. The number of urea groups is 1. The molecule has 0 aliphatic carbocycles. The quantitative estimate of drug-likeness (QED) is 0.540. The van der Waals surface area contributed by atoms with Crippen molar-refractivity contribution in [3.05, 3.63) is 60.0 Å². The van der Waals surface area contributed by atoms with Crippen LogP contribution in [0.15, 0.2) is 48.8 Å². The van der Waals surface area contributed by atoms with E-state index in [0.29, 0.717) is 28.2 Å². The highest BCUT2D eigenvalue weighted by Crippen LogP contribution is 2.41. The zero-order chi connectivity index (χ0) is 22.7. The molecule has 0 radical (unpaired) electrons. The fourth-order valence-electron chi connectivity index (χ4n) is 3.63. The first-order chi connectivity index (χ1) is 15.5. The molecule has 1 aliphatic heterocycles. The number of carbonyl (C=O) groups is 2. The summed E-state index contributed by atoms with van der Waals surface area (Å²) >= 11 is 0. The van der Waals surface area contributed by atoms with E-state index in [1.807, 2.05) is 30.3 Å². The second-order valence-electron chi connectivity index (χ2n) is 7.13. The van der Waals surface area contributed by atoms with Crippen molar-refractivity contribution in [1.82, 2.24) is 20.2 Å². The maximum atomic E-state index is 13.0. The highest BCUT2D eigenvalue weighted by atomic mass is 19.3. The maximum absolute atomic E-state index is 13.0. The largest absolute Gasteiger partial charge is 0.485 e. The Morgan fingerprint density at radius 2 is 2.03 bits per heavy atom. The summed E-state index contributed by atoms with van der Waals surface area (Å²) in [5.41, 5.74) is 3.13. The Balaban J connectivity index is 1.83. The number of para-hydroxylation sites is 1. The van der Waals surface area contributed by atoms with E-state index < -0.39 is 13.0 Å². The third-order valence-corrected chi connectivity index (χ3v) is 5.00. The van der Waals surface area contributed by atoms with Crippen molar-refractivity contribution >= 4 is 23.2 Å². The van der Waals surface area contributed by atoms with Gasteiger partial charge in [0, 0.05) is 30.2 Å². The van der Waals surface area contributed by atoms with Gasteiger partial charge in [-0.3, -0.25) is 9.78 Å². The Morgan fingerprint density at radius 1 is 1.25 bits per heavy atom. The number of benzene rings is 1. The van der Waals surface area contributed by atoms with E-state index in [-0.39, 0.29) is 30.7 Å². The van der Waals surface area contributed by atoms with Gasteiger partial charge in [0.1, 0.15) is 12.4 Å². The van der Waals surface area contributed by atoms with E-state index in [2.05, 4.69) is 20.6 Å². The molecular formula is C22H21F2N5O3. The number of H-pyrrole nitrogens is 1. The van der Waals surface area contributed by atoms with Gasteiger partial charge in [-0.25, -0.2) is 13.6 Å². The number of hydrogen-bond donors (Lipinski definition) is 3. The van der Waals surface area contributed by atoms with Gasteiger partial charge in [-0.15, -0.1) is 0 Å². The topological polar surface area (TPSA) is 99.4 Å². The molecule has 32 heavy (non-hydrogen) atoms. The second-order valence-corrected chi connectivity index (χ2v) is 7.13. The molecule has 0 saturated heterocycles. The van der Waals surface area contributed by atoms with Crippen LogP contribution in [0.3, 0.4) is 0 Å². The minimum Gasteiger partial charge on any atom is -0.485 e. The van der Waals surface area contributed by atoms with Gasteiger partial charge in [0.25, 0.3) is 6.43 Å². The number of fused-ring (bicyclic) bond motifs is 1. The van der Waals surface area contributed by atoms with Gasteiger partial charge < -0.3 is 25.3 Å². The SMILES string of the molecule is CNC(=O)N1CC(=O)c2c([nH]c(-c3ccncc3OCC(F)F)c2Nc2ccccc2)C1. The van der Waals surface area contributed by atoms with Crippen molar-refractivity contribution in [2.24, 2.45) is 0 Å². The van der Waals surface area contributed by atoms with Crippen LogP contribution in [0.2, 0.25) is 0 Å². The lowest BCUT2D eigenvalue weighted by atomic mass is 10.0. The first-order valence-electron chi connectivity index (χ1n) is 9.90. The van der Waals surface area contributed by atoms with Crippen molar-refractivity contribution in [1.29, 1.82) is 0 Å². The van der Waals surface area contributed by atoms with Gasteiger partial charge >= 0.3 is 6.03 Å². The molecule has 2 amide bonds. The molecule has 166 valence electrons. The van der Waals surface area contributed by atoms with Gasteiger partial charge in [0.15, 0.2) is 5.78 Å². The second kappa shape index (κ2) is 9.04. The third-order valence-electron chi connectivity index (χ3n) is 5.00. The highest BCUT2D eigenvalue weighted by Gasteiger charge is 2.33. The minimum absolute atomic E-state index is 0.0848. The van der Waals surface area contributed by atoms with Crippen LogP contribution in [0.4, 0.5) is 25.0 Å². The zero-order valence-electron chi connectivity index (χ0n) is 17.2. The molecule has 0 spiro atoms. The molecule has 0 atom stereocenters. The Hall–Kier alpha value is -3.95. The molecule has 0 saturated carbocycles. The van der Waals surface area contributed by atoms with E-state index in [0.717, 1.165) is 5.69 Å². The van der Waals surface area contributed by atoms with Crippen molar-refractivity contribution in [3.8, 4) is 17.0 Å². The van der Waals surface area contributed by atoms with Gasteiger partial charge in [0.05, 0.1) is 36.2 Å². The van der Waals surface area contributed by atoms with Crippen LogP contribution in [0.1, 0.15) is 16.1 Å². The number of nitrogens with zero attached hydrogens (tertiary/aromatic N) is 2. The highest BCUT2D eigenvalue weighted by molar-refractivity contribution is 6.09. The number of hydrogen-bond acceptors (Lipinski definition) is 5. The molecule has 3 aromatic rings. The molecule has 1 aliphatic rings. The van der Waals surface area contributed by atoms with Gasteiger partial charge in [-0.05, 0) is 18.2 Å². The van der Waals surface area contributed by atoms with Gasteiger partial charge in [0.2, 0.25) is 0 Å². The Bertz CT molecular complexity index is 1130. The number of pyridine rings is 1. The third kappa shape index (κ3) is 4.25. The lowest BCUT2D eigenvalue weighted by Gasteiger charge is -2.26. The van der Waals surface area contributed by atoms with Crippen molar-refractivity contribution in [2.75, 3.05) is 25.5 Å². The average molecular weight is 441 g/mol. The summed E-state index contributed by atoms with van der Waals surface area (Å²) in [5, 5.41) is 5.79. The monoisotopic (exact) mass is 441 g/mol. The molecular weight excluding hydrogens is 420 g/mol. The molecule has 3 heterocycles. The first-order valence-corrected chi connectivity index (χ1v) is 9.90. The van der Waals surface area contributed by atoms with Crippen molar-refractivity contribution < 1.29 is 23.1 Å². The van der Waals surface area contributed by atoms with E-state index in [1.54, 1.807) is 6.07 Å². The van der Waals surface area contributed by atoms with Gasteiger partial charge in [-0.2, -0.15) is 0 Å². The summed E-state index contributed by atoms with van der Waals surface area (Å²) in [7, 11) is 1.49. The number of amides is 2. The van der Waals surface area contributed by atoms with Crippen LogP contribution < -0.4 is 15.4 Å². The fraction of sp³-hybridized carbons (Fsp3) is 0.227. The van der Waals surface area contributed by atoms with Crippen molar-refractivity contribution in [3.63, 3.8) is 0 Å². The van der Waals surface area contributed by atoms with Crippen LogP contribution in [0.5, 0.6) is 5.75 Å². The number of ether oxygens (including phenoxy) is 1. The fourth-order valence-corrected chi connectivity index (χ4v) is 3.63. The summed E-state index contributed by atoms with van der Waals surface area (Å²) in [4.78, 5) is 33.7. The zero-order valence-corrected chi connectivity index (χ0v) is 17.2. The Kier molecular flexibility index (Phi) is 6.02. The molecule has 4 rings (SSSR count). The summed E-state index contributed by atoms with van der Waals surface area (Å²) < 4.78 is 30.8. The number of Topliss-reactive ketones (excluding diaryl/α,β-unsaturated/α-hetero) is 1. The molecule has 0 unspecified atom stereocenters. The molecule has 0 bridgehead atoms. The lowest BCUT2D eigenvalue weighted by molar-refractivity contribution is 0.0820. The normalized spacial score (nSPS) is 13.1. The predicted octanol–water partition coefficient (Wildman–Crippen LogP) is 3.80. The van der Waals surface area contributed by atoms with Crippen LogP contribution in [-0.4, -0.2) is 53.3 Å². The lowest BCUT2D eigenvalue weighted by Crippen LogP contribution is -2.43. The number of carbonyl (C=O) groups excluding carboxylic acids is 2. The number of halogens is 2. The summed E-state index contributed by atoms with van der Waals surface area (Å²) in [6.45, 7) is -0.689. The predicted molar refractivity (Wildman–Crippen MR) is 114 cm³/mol. The van der Waals surface area contributed by atoms with E-state index in [4.69, 9.17) is 4.74 Å². The Morgan fingerprint density at radius 3 is 2.75 bits per heavy atom. The van der Waals surface area contributed by atoms with Crippen LogP contribution in [0.25, 0.3) is 11.3 Å². The van der Waals surface area contributed by atoms with Crippen LogP contribution >= 0.6 is 0 Å². The number of aromatic amines is 1. The van der Waals surface area contributed by atoms with Crippen LogP contribution in [-0.2, 0) is 6.54 Å². The number of ketones is 1. The van der Waals surface area contributed by atoms with Gasteiger partial charge in [-0.1, -0.05) is 18.2 Å². The summed E-state index contributed by atoms with van der Waals surface area (Å²) in [5.74, 6) is -0.0991. The molecule has 2 aromatic heterocycles. The number of aromatic nitrogens is 2. The number of rotatable bonds is 6. The van der Waals surface area contributed by atoms with E-state index >= 15 is 0 Å².